The van der Waals surface area contributed by atoms with Crippen molar-refractivity contribution in [1.29, 1.82) is 0 Å². The highest BCUT2D eigenvalue weighted by Gasteiger charge is 2.27. The minimum Gasteiger partial charge on any atom is -0.493 e. The van der Waals surface area contributed by atoms with Crippen molar-refractivity contribution in [2.24, 2.45) is 0 Å². The molecule has 1 aromatic rings. The average Bonchev–Trinajstić information content (AvgIpc) is 2.99. The SMILES string of the molecule is COc1cc2c(cc1OC)CN([C@H]1CCSC1)CC2. The Hall–Kier alpha value is -0.870. The van der Waals surface area contributed by atoms with Crippen LogP contribution in [-0.2, 0) is 13.0 Å². The van der Waals surface area contributed by atoms with Gasteiger partial charge in [0.05, 0.1) is 14.2 Å². The van der Waals surface area contributed by atoms with Gasteiger partial charge in [-0.3, -0.25) is 4.90 Å². The van der Waals surface area contributed by atoms with Crippen LogP contribution >= 0.6 is 11.8 Å². The zero-order chi connectivity index (χ0) is 13.2. The van der Waals surface area contributed by atoms with E-state index in [1.54, 1.807) is 14.2 Å². The number of hydrogen-bond acceptors (Lipinski definition) is 4. The summed E-state index contributed by atoms with van der Waals surface area (Å²) in [5.74, 6) is 4.32. The first-order valence-corrected chi connectivity index (χ1v) is 8.03. The molecular weight excluding hydrogens is 258 g/mol. The highest BCUT2D eigenvalue weighted by Crippen LogP contribution is 2.34. The lowest BCUT2D eigenvalue weighted by atomic mass is 9.97. The van der Waals surface area contributed by atoms with Gasteiger partial charge in [0.1, 0.15) is 0 Å². The zero-order valence-electron chi connectivity index (χ0n) is 11.6. The lowest BCUT2D eigenvalue weighted by Crippen LogP contribution is -2.39. The minimum atomic E-state index is 0.770. The molecule has 4 heteroatoms. The Morgan fingerprint density at radius 3 is 2.53 bits per heavy atom. The van der Waals surface area contributed by atoms with Crippen LogP contribution in [0.1, 0.15) is 17.5 Å². The molecule has 3 nitrogen and oxygen atoms in total. The molecule has 0 spiro atoms. The van der Waals surface area contributed by atoms with Crippen LogP contribution in [-0.4, -0.2) is 43.2 Å². The Balaban J connectivity index is 1.83. The summed E-state index contributed by atoms with van der Waals surface area (Å²) in [5, 5.41) is 0. The highest BCUT2D eigenvalue weighted by atomic mass is 32.2. The van der Waals surface area contributed by atoms with E-state index in [1.165, 1.54) is 35.6 Å². The summed E-state index contributed by atoms with van der Waals surface area (Å²) in [5.41, 5.74) is 2.82. The lowest BCUT2D eigenvalue weighted by molar-refractivity contribution is 0.194. The van der Waals surface area contributed by atoms with Crippen molar-refractivity contribution in [2.45, 2.75) is 25.4 Å². The molecule has 1 saturated heterocycles. The Bertz CT molecular complexity index is 458. The lowest BCUT2D eigenvalue weighted by Gasteiger charge is -2.33. The maximum atomic E-state index is 5.42. The van der Waals surface area contributed by atoms with Gasteiger partial charge in [0.2, 0.25) is 0 Å². The number of fused-ring (bicyclic) bond motifs is 1. The second kappa shape index (κ2) is 5.63. The van der Waals surface area contributed by atoms with Crippen molar-refractivity contribution >= 4 is 11.8 Å². The van der Waals surface area contributed by atoms with Crippen molar-refractivity contribution < 1.29 is 9.47 Å². The first-order valence-electron chi connectivity index (χ1n) is 6.87. The summed E-state index contributed by atoms with van der Waals surface area (Å²) in [7, 11) is 3.41. The van der Waals surface area contributed by atoms with Gasteiger partial charge in [0.25, 0.3) is 0 Å². The van der Waals surface area contributed by atoms with E-state index < -0.39 is 0 Å². The second-order valence-electron chi connectivity index (χ2n) is 5.21. The number of rotatable bonds is 3. The van der Waals surface area contributed by atoms with Gasteiger partial charge >= 0.3 is 0 Å². The highest BCUT2D eigenvalue weighted by molar-refractivity contribution is 7.99. The fourth-order valence-corrected chi connectivity index (χ4v) is 4.28. The largest absolute Gasteiger partial charge is 0.493 e. The van der Waals surface area contributed by atoms with Crippen LogP contribution in [0.2, 0.25) is 0 Å². The first-order chi connectivity index (χ1) is 9.31. The van der Waals surface area contributed by atoms with Crippen molar-refractivity contribution in [2.75, 3.05) is 32.3 Å². The van der Waals surface area contributed by atoms with Crippen LogP contribution in [0.25, 0.3) is 0 Å². The van der Waals surface area contributed by atoms with Crippen LogP contribution in [0, 0.1) is 0 Å². The van der Waals surface area contributed by atoms with E-state index in [0.29, 0.717) is 0 Å². The van der Waals surface area contributed by atoms with Gasteiger partial charge < -0.3 is 9.47 Å². The van der Waals surface area contributed by atoms with E-state index in [2.05, 4.69) is 28.8 Å². The van der Waals surface area contributed by atoms with Gasteiger partial charge in [-0.05, 0) is 41.9 Å². The normalized spacial score (nSPS) is 23.2. The van der Waals surface area contributed by atoms with Crippen molar-refractivity contribution in [3.8, 4) is 11.5 Å². The molecule has 3 rings (SSSR count). The molecule has 104 valence electrons. The third kappa shape index (κ3) is 2.56. The number of hydrogen-bond donors (Lipinski definition) is 0. The van der Waals surface area contributed by atoms with Gasteiger partial charge in [-0.15, -0.1) is 0 Å². The molecule has 0 N–H and O–H groups in total. The van der Waals surface area contributed by atoms with Crippen LogP contribution in [0.3, 0.4) is 0 Å². The molecule has 2 aliphatic heterocycles. The topological polar surface area (TPSA) is 21.7 Å². The molecule has 0 amide bonds. The van der Waals surface area contributed by atoms with E-state index in [1.807, 2.05) is 0 Å². The van der Waals surface area contributed by atoms with Gasteiger partial charge in [0, 0.05) is 24.9 Å². The molecule has 0 radical (unpaired) electrons. The number of benzene rings is 1. The van der Waals surface area contributed by atoms with Crippen LogP contribution in [0.5, 0.6) is 11.5 Å². The van der Waals surface area contributed by atoms with Gasteiger partial charge in [-0.25, -0.2) is 0 Å². The maximum Gasteiger partial charge on any atom is 0.161 e. The van der Waals surface area contributed by atoms with Crippen LogP contribution < -0.4 is 9.47 Å². The third-order valence-electron chi connectivity index (χ3n) is 4.17. The zero-order valence-corrected chi connectivity index (χ0v) is 12.5. The van der Waals surface area contributed by atoms with Crippen molar-refractivity contribution in [3.05, 3.63) is 23.3 Å². The monoisotopic (exact) mass is 279 g/mol. The van der Waals surface area contributed by atoms with E-state index in [9.17, 15) is 0 Å². The Kier molecular flexibility index (Phi) is 3.89. The number of thioether (sulfide) groups is 1. The maximum absolute atomic E-state index is 5.42. The molecule has 0 unspecified atom stereocenters. The average molecular weight is 279 g/mol. The molecular formula is C15H21NO2S. The summed E-state index contributed by atoms with van der Waals surface area (Å²) in [6.45, 7) is 2.23. The minimum absolute atomic E-state index is 0.770. The van der Waals surface area contributed by atoms with Gasteiger partial charge in [0.15, 0.2) is 11.5 Å². The van der Waals surface area contributed by atoms with E-state index in [-0.39, 0.29) is 0 Å². The molecule has 1 atom stereocenters. The predicted octanol–water partition coefficient (Wildman–Crippen LogP) is 2.57. The fraction of sp³-hybridized carbons (Fsp3) is 0.600. The van der Waals surface area contributed by atoms with E-state index in [4.69, 9.17) is 9.47 Å². The number of nitrogens with zero attached hydrogens (tertiary/aromatic N) is 1. The third-order valence-corrected chi connectivity index (χ3v) is 5.31. The molecule has 0 aromatic heterocycles. The predicted molar refractivity (Wildman–Crippen MR) is 79.4 cm³/mol. The standard InChI is InChI=1S/C15H21NO2S/c1-17-14-7-11-3-5-16(13-4-6-19-10-13)9-12(11)8-15(14)18-2/h7-8,13H,3-6,9-10H2,1-2H3/t13-/m0/s1. The summed E-state index contributed by atoms with van der Waals surface area (Å²) >= 11 is 2.08. The second-order valence-corrected chi connectivity index (χ2v) is 6.36. The molecule has 2 heterocycles. The molecule has 1 fully saturated rings. The summed E-state index contributed by atoms with van der Waals surface area (Å²) in [4.78, 5) is 2.63. The Morgan fingerprint density at radius 1 is 1.16 bits per heavy atom. The molecule has 0 saturated carbocycles. The molecule has 19 heavy (non-hydrogen) atoms. The van der Waals surface area contributed by atoms with Gasteiger partial charge in [-0.2, -0.15) is 11.8 Å². The fourth-order valence-electron chi connectivity index (χ4n) is 3.03. The van der Waals surface area contributed by atoms with E-state index >= 15 is 0 Å². The van der Waals surface area contributed by atoms with Crippen LogP contribution in [0.15, 0.2) is 12.1 Å². The quantitative estimate of drug-likeness (QED) is 0.847. The molecule has 0 bridgehead atoms. The Morgan fingerprint density at radius 2 is 1.89 bits per heavy atom. The molecule has 2 aliphatic rings. The summed E-state index contributed by atoms with van der Waals surface area (Å²) < 4.78 is 10.8. The summed E-state index contributed by atoms with van der Waals surface area (Å²) in [6, 6.07) is 5.07. The van der Waals surface area contributed by atoms with Crippen molar-refractivity contribution in [3.63, 3.8) is 0 Å². The number of ether oxygens (including phenoxy) is 2. The summed E-state index contributed by atoms with van der Waals surface area (Å²) in [6.07, 6.45) is 2.46. The van der Waals surface area contributed by atoms with E-state index in [0.717, 1.165) is 30.5 Å². The van der Waals surface area contributed by atoms with Crippen molar-refractivity contribution in [1.82, 2.24) is 4.90 Å². The first kappa shape index (κ1) is 13.1. The molecule has 0 aliphatic carbocycles. The smallest absolute Gasteiger partial charge is 0.161 e. The van der Waals surface area contributed by atoms with Crippen LogP contribution in [0.4, 0.5) is 0 Å². The number of methoxy groups -OCH3 is 2. The Labute approximate surface area is 119 Å². The van der Waals surface area contributed by atoms with Gasteiger partial charge in [-0.1, -0.05) is 0 Å². The molecule has 1 aromatic carbocycles.